The van der Waals surface area contributed by atoms with Gasteiger partial charge in [-0.05, 0) is 0 Å². The zero-order valence-electron chi connectivity index (χ0n) is 9.85. The van der Waals surface area contributed by atoms with Gasteiger partial charge in [-0.25, -0.2) is 0 Å². The average Bonchev–Trinajstić information content (AvgIpc) is 2.81. The molecule has 0 aliphatic heterocycles. The molecule has 94 valence electrons. The van der Waals surface area contributed by atoms with Crippen LogP contribution in [0.2, 0.25) is 0 Å². The number of hydrogen-bond acceptors (Lipinski definition) is 5. The summed E-state index contributed by atoms with van der Waals surface area (Å²) in [6, 6.07) is 2.98. The lowest BCUT2D eigenvalue weighted by molar-refractivity contribution is 0.0974. The summed E-state index contributed by atoms with van der Waals surface area (Å²) >= 11 is 0. The van der Waals surface area contributed by atoms with Crippen molar-refractivity contribution in [2.24, 2.45) is 5.73 Å². The smallest absolute Gasteiger partial charge is 0.284 e. The second-order valence-electron chi connectivity index (χ2n) is 3.53. The molecular weight excluding hydrogens is 238 g/mol. The first-order valence-corrected chi connectivity index (χ1v) is 5.05. The number of primary amides is 1. The second-order valence-corrected chi connectivity index (χ2v) is 3.53. The molecule has 0 fully saturated rings. The summed E-state index contributed by atoms with van der Waals surface area (Å²) in [5, 5.41) is 0.495. The molecule has 0 unspecified atom stereocenters. The van der Waals surface area contributed by atoms with Crippen LogP contribution in [-0.4, -0.2) is 26.4 Å². The Hall–Kier alpha value is -2.50. The summed E-state index contributed by atoms with van der Waals surface area (Å²) in [6.07, 6.45) is 0.592. The first kappa shape index (κ1) is 12.0. The lowest BCUT2D eigenvalue weighted by Crippen LogP contribution is -2.09. The quantitative estimate of drug-likeness (QED) is 0.826. The highest BCUT2D eigenvalue weighted by molar-refractivity contribution is 6.04. The molecule has 6 heteroatoms. The maximum atomic E-state index is 11.1. The van der Waals surface area contributed by atoms with Gasteiger partial charge in [0.25, 0.3) is 5.91 Å². The van der Waals surface area contributed by atoms with Gasteiger partial charge in [0.05, 0.1) is 25.2 Å². The van der Waals surface area contributed by atoms with Crippen LogP contribution >= 0.6 is 0 Å². The zero-order valence-corrected chi connectivity index (χ0v) is 9.85. The molecule has 1 heterocycles. The van der Waals surface area contributed by atoms with Crippen molar-refractivity contribution in [2.45, 2.75) is 0 Å². The lowest BCUT2D eigenvalue weighted by Gasteiger charge is -2.07. The van der Waals surface area contributed by atoms with Crippen molar-refractivity contribution in [1.29, 1.82) is 0 Å². The van der Waals surface area contributed by atoms with Crippen LogP contribution < -0.4 is 15.2 Å². The number of benzene rings is 1. The Balaban J connectivity index is 2.86. The van der Waals surface area contributed by atoms with Crippen LogP contribution in [0.15, 0.2) is 16.5 Å². The Bertz CT molecular complexity index is 629. The molecular formula is C12H11NO5. The van der Waals surface area contributed by atoms with E-state index in [0.29, 0.717) is 23.2 Å². The maximum Gasteiger partial charge on any atom is 0.284 e. The summed E-state index contributed by atoms with van der Waals surface area (Å²) in [6.45, 7) is 0. The molecule has 0 atom stereocenters. The van der Waals surface area contributed by atoms with E-state index in [1.165, 1.54) is 20.3 Å². The van der Waals surface area contributed by atoms with Crippen molar-refractivity contribution in [1.82, 2.24) is 0 Å². The van der Waals surface area contributed by atoms with Gasteiger partial charge in [-0.1, -0.05) is 0 Å². The molecule has 2 rings (SSSR count). The van der Waals surface area contributed by atoms with Gasteiger partial charge in [-0.15, -0.1) is 0 Å². The second kappa shape index (κ2) is 4.40. The predicted molar refractivity (Wildman–Crippen MR) is 63.2 cm³/mol. The number of methoxy groups -OCH3 is 2. The van der Waals surface area contributed by atoms with Gasteiger partial charge in [-0.2, -0.15) is 0 Å². The fourth-order valence-corrected chi connectivity index (χ4v) is 1.73. The third-order valence-corrected chi connectivity index (χ3v) is 2.57. The third kappa shape index (κ3) is 1.67. The number of fused-ring (bicyclic) bond motifs is 1. The van der Waals surface area contributed by atoms with Gasteiger partial charge in [0.15, 0.2) is 17.6 Å². The highest BCUT2D eigenvalue weighted by atomic mass is 16.5. The first-order valence-electron chi connectivity index (χ1n) is 5.05. The standard InChI is InChI=1S/C12H11NO5/c1-16-8-4-9(17-2)7(5-14)11-6(8)3-10(18-11)12(13)15/h3-5H,1-2H3,(H2,13,15). The van der Waals surface area contributed by atoms with E-state index in [1.807, 2.05) is 0 Å². The van der Waals surface area contributed by atoms with Crippen molar-refractivity contribution in [3.63, 3.8) is 0 Å². The monoisotopic (exact) mass is 249 g/mol. The number of amides is 1. The van der Waals surface area contributed by atoms with Gasteiger partial charge in [0.2, 0.25) is 0 Å². The van der Waals surface area contributed by atoms with Gasteiger partial charge >= 0.3 is 0 Å². The number of nitrogens with two attached hydrogens (primary N) is 1. The summed E-state index contributed by atoms with van der Waals surface area (Å²) < 4.78 is 15.5. The summed E-state index contributed by atoms with van der Waals surface area (Å²) in [7, 11) is 2.89. The number of carbonyl (C=O) groups is 2. The van der Waals surface area contributed by atoms with Crippen molar-refractivity contribution in [3.8, 4) is 11.5 Å². The Kier molecular flexibility index (Phi) is 2.93. The van der Waals surface area contributed by atoms with Crippen molar-refractivity contribution >= 4 is 23.2 Å². The minimum absolute atomic E-state index is 0.0420. The average molecular weight is 249 g/mol. The Morgan fingerprint density at radius 1 is 1.28 bits per heavy atom. The van der Waals surface area contributed by atoms with E-state index < -0.39 is 5.91 Å². The molecule has 18 heavy (non-hydrogen) atoms. The van der Waals surface area contributed by atoms with Crippen LogP contribution in [0.1, 0.15) is 20.9 Å². The Morgan fingerprint density at radius 2 is 1.94 bits per heavy atom. The molecule has 1 aromatic carbocycles. The highest BCUT2D eigenvalue weighted by Gasteiger charge is 2.19. The molecule has 6 nitrogen and oxygen atoms in total. The van der Waals surface area contributed by atoms with Gasteiger partial charge in [-0.3, -0.25) is 9.59 Å². The molecule has 0 aliphatic carbocycles. The van der Waals surface area contributed by atoms with E-state index in [4.69, 9.17) is 19.6 Å². The predicted octanol–water partition coefficient (Wildman–Crippen LogP) is 1.36. The van der Waals surface area contributed by atoms with E-state index in [1.54, 1.807) is 6.07 Å². The summed E-state index contributed by atoms with van der Waals surface area (Å²) in [5.41, 5.74) is 5.56. The molecule has 0 saturated carbocycles. The molecule has 0 bridgehead atoms. The molecule has 0 aliphatic rings. The van der Waals surface area contributed by atoms with Crippen molar-refractivity contribution in [2.75, 3.05) is 14.2 Å². The van der Waals surface area contributed by atoms with Crippen LogP contribution in [0.3, 0.4) is 0 Å². The number of carbonyl (C=O) groups excluding carboxylic acids is 2. The number of furan rings is 1. The lowest BCUT2D eigenvalue weighted by atomic mass is 10.1. The fourth-order valence-electron chi connectivity index (χ4n) is 1.73. The molecule has 2 aromatic rings. The fraction of sp³-hybridized carbons (Fsp3) is 0.167. The third-order valence-electron chi connectivity index (χ3n) is 2.57. The SMILES string of the molecule is COc1cc(OC)c2cc(C(N)=O)oc2c1C=O. The minimum atomic E-state index is -0.718. The number of hydrogen-bond donors (Lipinski definition) is 1. The normalized spacial score (nSPS) is 10.3. The maximum absolute atomic E-state index is 11.1. The van der Waals surface area contributed by atoms with E-state index >= 15 is 0 Å². The topological polar surface area (TPSA) is 91.8 Å². The number of ether oxygens (including phenoxy) is 2. The Morgan fingerprint density at radius 3 is 2.44 bits per heavy atom. The van der Waals surface area contributed by atoms with Crippen LogP contribution in [0.4, 0.5) is 0 Å². The van der Waals surface area contributed by atoms with E-state index in [9.17, 15) is 9.59 Å². The van der Waals surface area contributed by atoms with Crippen LogP contribution in [0, 0.1) is 0 Å². The van der Waals surface area contributed by atoms with E-state index in [2.05, 4.69) is 0 Å². The number of aldehydes is 1. The zero-order chi connectivity index (χ0) is 13.3. The molecule has 2 N–H and O–H groups in total. The molecule has 0 saturated heterocycles. The molecule has 1 amide bonds. The molecule has 0 radical (unpaired) electrons. The summed E-state index contributed by atoms with van der Waals surface area (Å²) in [4.78, 5) is 22.2. The molecule has 1 aromatic heterocycles. The first-order chi connectivity index (χ1) is 8.62. The Labute approximate surface area is 102 Å². The molecule has 0 spiro atoms. The van der Waals surface area contributed by atoms with Gasteiger partial charge in [0.1, 0.15) is 11.5 Å². The number of rotatable bonds is 4. The van der Waals surface area contributed by atoms with Crippen LogP contribution in [0.5, 0.6) is 11.5 Å². The van der Waals surface area contributed by atoms with Crippen LogP contribution in [0.25, 0.3) is 11.0 Å². The minimum Gasteiger partial charge on any atom is -0.496 e. The van der Waals surface area contributed by atoms with Gasteiger partial charge in [0, 0.05) is 12.1 Å². The largest absolute Gasteiger partial charge is 0.496 e. The van der Waals surface area contributed by atoms with E-state index in [-0.39, 0.29) is 16.9 Å². The van der Waals surface area contributed by atoms with E-state index in [0.717, 1.165) is 0 Å². The van der Waals surface area contributed by atoms with Crippen molar-refractivity contribution in [3.05, 3.63) is 23.5 Å². The highest BCUT2D eigenvalue weighted by Crippen LogP contribution is 2.36. The van der Waals surface area contributed by atoms with Gasteiger partial charge < -0.3 is 19.6 Å². The van der Waals surface area contributed by atoms with Crippen LogP contribution in [-0.2, 0) is 0 Å². The summed E-state index contributed by atoms with van der Waals surface area (Å²) in [5.74, 6) is -0.0212. The van der Waals surface area contributed by atoms with Crippen molar-refractivity contribution < 1.29 is 23.5 Å².